The van der Waals surface area contributed by atoms with Crippen LogP contribution in [0.1, 0.15) is 12.5 Å². The molecule has 188 valence electrons. The zero-order valence-corrected chi connectivity index (χ0v) is 21.1. The molecule has 0 saturated heterocycles. The number of non-ortho nitro benzene ring substituents is 1. The molecule has 0 spiro atoms. The van der Waals surface area contributed by atoms with Crippen LogP contribution in [0.25, 0.3) is 0 Å². The monoisotopic (exact) mass is 550 g/mol. The average molecular weight is 551 g/mol. The van der Waals surface area contributed by atoms with E-state index in [1.165, 1.54) is 48.5 Å². The highest BCUT2D eigenvalue weighted by molar-refractivity contribution is 7.92. The van der Waals surface area contributed by atoms with Crippen LogP contribution in [0.4, 0.5) is 11.4 Å². The molecule has 3 aromatic carbocycles. The summed E-state index contributed by atoms with van der Waals surface area (Å²) in [5.74, 6) is -0.520. The Morgan fingerprint density at radius 1 is 1.14 bits per heavy atom. The number of rotatable bonds is 10. The molecule has 0 aliphatic carbocycles. The van der Waals surface area contributed by atoms with Crippen LogP contribution in [0.15, 0.2) is 76.7 Å². The molecule has 1 amide bonds. The third kappa shape index (κ3) is 6.51. The summed E-state index contributed by atoms with van der Waals surface area (Å²) >= 11 is 11.9. The van der Waals surface area contributed by atoms with E-state index in [0.717, 1.165) is 10.5 Å². The van der Waals surface area contributed by atoms with Crippen LogP contribution in [0, 0.1) is 10.1 Å². The van der Waals surface area contributed by atoms with Gasteiger partial charge in [-0.25, -0.2) is 13.8 Å². The first kappa shape index (κ1) is 26.9. The van der Waals surface area contributed by atoms with Crippen molar-refractivity contribution in [3.63, 3.8) is 0 Å². The van der Waals surface area contributed by atoms with Gasteiger partial charge in [0.05, 0.1) is 28.3 Å². The first-order valence-corrected chi connectivity index (χ1v) is 12.6. The number of para-hydroxylation sites is 2. The fourth-order valence-corrected chi connectivity index (χ4v) is 4.78. The number of hydrazone groups is 1. The number of amides is 1. The maximum Gasteiger partial charge on any atom is 0.270 e. The van der Waals surface area contributed by atoms with Gasteiger partial charge in [-0.05, 0) is 49.4 Å². The second-order valence-electron chi connectivity index (χ2n) is 7.12. The molecule has 0 unspecified atom stereocenters. The lowest BCUT2D eigenvalue weighted by Gasteiger charge is -2.25. The van der Waals surface area contributed by atoms with E-state index in [2.05, 4.69) is 10.5 Å². The molecule has 0 aliphatic rings. The van der Waals surface area contributed by atoms with Gasteiger partial charge in [-0.15, -0.1) is 0 Å². The number of benzene rings is 3. The molecule has 3 rings (SSSR count). The molecule has 0 radical (unpaired) electrons. The zero-order chi connectivity index (χ0) is 26.3. The van der Waals surface area contributed by atoms with Crippen molar-refractivity contribution in [3.8, 4) is 5.75 Å². The summed E-state index contributed by atoms with van der Waals surface area (Å²) in [5, 5.41) is 15.3. The van der Waals surface area contributed by atoms with Crippen molar-refractivity contribution in [2.24, 2.45) is 5.10 Å². The lowest BCUT2D eigenvalue weighted by Crippen LogP contribution is -2.39. The summed E-state index contributed by atoms with van der Waals surface area (Å²) < 4.78 is 33.5. The second-order valence-corrected chi connectivity index (χ2v) is 9.83. The summed E-state index contributed by atoms with van der Waals surface area (Å²) in [4.78, 5) is 23.0. The van der Waals surface area contributed by atoms with Crippen molar-refractivity contribution in [2.75, 3.05) is 17.5 Å². The molecule has 0 aromatic heterocycles. The lowest BCUT2D eigenvalue weighted by molar-refractivity contribution is -0.384. The molecule has 0 bridgehead atoms. The van der Waals surface area contributed by atoms with Gasteiger partial charge in [0.15, 0.2) is 0 Å². The van der Waals surface area contributed by atoms with Crippen molar-refractivity contribution in [1.82, 2.24) is 5.43 Å². The minimum absolute atomic E-state index is 0.0853. The maximum atomic E-state index is 13.5. The highest BCUT2D eigenvalue weighted by Gasteiger charge is 2.29. The van der Waals surface area contributed by atoms with E-state index >= 15 is 0 Å². The summed E-state index contributed by atoms with van der Waals surface area (Å²) in [6.07, 6.45) is 1.12. The number of hydrogen-bond acceptors (Lipinski definition) is 7. The number of nitro benzene ring substituents is 1. The Morgan fingerprint density at radius 3 is 2.50 bits per heavy atom. The smallest absolute Gasteiger partial charge is 0.270 e. The summed E-state index contributed by atoms with van der Waals surface area (Å²) in [6, 6.07) is 15.6. The minimum atomic E-state index is -4.22. The lowest BCUT2D eigenvalue weighted by atomic mass is 10.2. The van der Waals surface area contributed by atoms with Crippen molar-refractivity contribution in [3.05, 3.63) is 92.5 Å². The maximum absolute atomic E-state index is 13.5. The molecule has 3 aromatic rings. The molecular weight excluding hydrogens is 531 g/mol. The number of carbonyl (C=O) groups is 1. The van der Waals surface area contributed by atoms with E-state index in [0.29, 0.717) is 5.02 Å². The quantitative estimate of drug-likeness (QED) is 0.222. The molecule has 0 saturated carbocycles. The molecule has 0 heterocycles. The first-order valence-electron chi connectivity index (χ1n) is 10.4. The van der Waals surface area contributed by atoms with E-state index in [1.807, 2.05) is 0 Å². The van der Waals surface area contributed by atoms with Crippen LogP contribution in [0.3, 0.4) is 0 Å². The first-order chi connectivity index (χ1) is 17.1. The number of ether oxygens (including phenoxy) is 1. The zero-order valence-electron chi connectivity index (χ0n) is 18.8. The SMILES string of the molecule is CCOc1ccccc1N(CC(=O)N/N=C\c1cc([N+](=O)[O-])ccc1Cl)S(=O)(=O)c1ccc(Cl)cc1. The van der Waals surface area contributed by atoms with Crippen molar-refractivity contribution in [2.45, 2.75) is 11.8 Å². The highest BCUT2D eigenvalue weighted by Crippen LogP contribution is 2.32. The summed E-state index contributed by atoms with van der Waals surface area (Å²) in [7, 11) is -4.22. The van der Waals surface area contributed by atoms with E-state index in [1.54, 1.807) is 25.1 Å². The summed E-state index contributed by atoms with van der Waals surface area (Å²) in [6.45, 7) is 1.37. The molecular formula is C23H20Cl2N4O6S. The normalized spacial score (nSPS) is 11.3. The Labute approximate surface area is 217 Å². The van der Waals surface area contributed by atoms with Gasteiger partial charge in [0.1, 0.15) is 12.3 Å². The van der Waals surface area contributed by atoms with Gasteiger partial charge >= 0.3 is 0 Å². The molecule has 0 atom stereocenters. The van der Waals surface area contributed by atoms with Crippen molar-refractivity contribution < 1.29 is 22.9 Å². The number of halogens is 2. The second kappa shape index (κ2) is 11.8. The van der Waals surface area contributed by atoms with Crippen LogP contribution in [-0.4, -0.2) is 38.6 Å². The molecule has 10 nitrogen and oxygen atoms in total. The molecule has 36 heavy (non-hydrogen) atoms. The van der Waals surface area contributed by atoms with Crippen LogP contribution < -0.4 is 14.5 Å². The number of anilines is 1. The standard InChI is InChI=1S/C23H20Cl2N4O6S/c1-2-35-22-6-4-3-5-21(22)28(36(33,34)19-10-7-17(24)8-11-19)15-23(30)27-26-14-16-13-18(29(31)32)9-12-20(16)25/h3-14H,2,15H2,1H3,(H,27,30)/b26-14-. The van der Waals surface area contributed by atoms with Crippen molar-refractivity contribution >= 4 is 56.7 Å². The van der Waals surface area contributed by atoms with Crippen molar-refractivity contribution in [1.29, 1.82) is 0 Å². The van der Waals surface area contributed by atoms with E-state index in [9.17, 15) is 23.3 Å². The van der Waals surface area contributed by atoms with Crippen LogP contribution in [-0.2, 0) is 14.8 Å². The third-order valence-electron chi connectivity index (χ3n) is 4.71. The van der Waals surface area contributed by atoms with E-state index in [-0.39, 0.29) is 39.2 Å². The number of nitrogens with one attached hydrogen (secondary N) is 1. The molecule has 13 heteroatoms. The van der Waals surface area contributed by atoms with Crippen LogP contribution >= 0.6 is 23.2 Å². The number of nitro groups is 1. The fourth-order valence-electron chi connectivity index (χ4n) is 3.06. The summed E-state index contributed by atoms with van der Waals surface area (Å²) in [5.41, 5.74) is 2.36. The average Bonchev–Trinajstić information content (AvgIpc) is 2.84. The topological polar surface area (TPSA) is 131 Å². The van der Waals surface area contributed by atoms with Gasteiger partial charge in [-0.3, -0.25) is 19.2 Å². The van der Waals surface area contributed by atoms with Gasteiger partial charge in [0, 0.05) is 27.7 Å². The number of carbonyl (C=O) groups excluding carboxylic acids is 1. The van der Waals surface area contributed by atoms with E-state index < -0.39 is 27.4 Å². The molecule has 0 aliphatic heterocycles. The minimum Gasteiger partial charge on any atom is -0.492 e. The largest absolute Gasteiger partial charge is 0.492 e. The number of sulfonamides is 1. The Morgan fingerprint density at radius 2 is 1.83 bits per heavy atom. The number of hydrogen-bond donors (Lipinski definition) is 1. The van der Waals surface area contributed by atoms with Gasteiger partial charge in [-0.1, -0.05) is 35.3 Å². The Balaban J connectivity index is 1.90. The Hall–Kier alpha value is -3.67. The van der Waals surface area contributed by atoms with Crippen LogP contribution in [0.2, 0.25) is 10.0 Å². The van der Waals surface area contributed by atoms with Gasteiger partial charge in [-0.2, -0.15) is 5.10 Å². The molecule has 1 N–H and O–H groups in total. The fraction of sp³-hybridized carbons (Fsp3) is 0.130. The predicted octanol–water partition coefficient (Wildman–Crippen LogP) is 4.65. The van der Waals surface area contributed by atoms with Gasteiger partial charge in [0.2, 0.25) is 0 Å². The Kier molecular flexibility index (Phi) is 8.86. The third-order valence-corrected chi connectivity index (χ3v) is 7.08. The van der Waals surface area contributed by atoms with Gasteiger partial charge < -0.3 is 4.74 Å². The Bertz CT molecular complexity index is 1400. The molecule has 0 fully saturated rings. The highest BCUT2D eigenvalue weighted by atomic mass is 35.5. The number of nitrogens with zero attached hydrogens (tertiary/aromatic N) is 3. The van der Waals surface area contributed by atoms with Crippen LogP contribution in [0.5, 0.6) is 5.75 Å². The predicted molar refractivity (Wildman–Crippen MR) is 137 cm³/mol. The van der Waals surface area contributed by atoms with E-state index in [4.69, 9.17) is 27.9 Å². The van der Waals surface area contributed by atoms with Gasteiger partial charge in [0.25, 0.3) is 21.6 Å².